The molecular weight excluding hydrogens is 436 g/mol. The number of aromatic nitrogens is 1. The lowest BCUT2D eigenvalue weighted by atomic mass is 10.1. The highest BCUT2D eigenvalue weighted by Crippen LogP contribution is 2.20. The molecule has 3 N–H and O–H groups in total. The lowest BCUT2D eigenvalue weighted by Crippen LogP contribution is -2.18. The molecule has 0 fully saturated rings. The predicted molar refractivity (Wildman–Crippen MR) is 130 cm³/mol. The van der Waals surface area contributed by atoms with E-state index >= 15 is 0 Å². The zero-order valence-corrected chi connectivity index (χ0v) is 18.3. The molecule has 7 nitrogen and oxygen atoms in total. The Kier molecular flexibility index (Phi) is 6.87. The van der Waals surface area contributed by atoms with Gasteiger partial charge in [0, 0.05) is 22.8 Å². The van der Waals surface area contributed by atoms with Crippen LogP contribution < -0.4 is 16.0 Å². The molecule has 0 radical (unpaired) electrons. The van der Waals surface area contributed by atoms with Crippen LogP contribution >= 0.6 is 11.3 Å². The molecule has 0 atom stereocenters. The van der Waals surface area contributed by atoms with Gasteiger partial charge in [0.25, 0.3) is 11.8 Å². The van der Waals surface area contributed by atoms with Crippen molar-refractivity contribution in [2.75, 3.05) is 16.0 Å². The Balaban J connectivity index is 1.39. The molecule has 1 aromatic heterocycles. The van der Waals surface area contributed by atoms with Crippen LogP contribution in [0.1, 0.15) is 26.3 Å². The Morgan fingerprint density at radius 2 is 1.48 bits per heavy atom. The average Bonchev–Trinajstić information content (AvgIpc) is 3.33. The molecule has 0 aliphatic rings. The third-order valence-corrected chi connectivity index (χ3v) is 5.40. The predicted octanol–water partition coefficient (Wildman–Crippen LogP) is 4.83. The van der Waals surface area contributed by atoms with E-state index in [1.807, 2.05) is 30.3 Å². The van der Waals surface area contributed by atoms with E-state index in [-0.39, 0.29) is 24.1 Å². The summed E-state index contributed by atoms with van der Waals surface area (Å²) < 4.78 is 0. The van der Waals surface area contributed by atoms with Crippen LogP contribution in [0.5, 0.6) is 0 Å². The van der Waals surface area contributed by atoms with Gasteiger partial charge in [0.1, 0.15) is 0 Å². The Bertz CT molecular complexity index is 1260. The second kappa shape index (κ2) is 10.3. The Morgan fingerprint density at radius 1 is 0.758 bits per heavy atom. The third kappa shape index (κ3) is 5.90. The van der Waals surface area contributed by atoms with Crippen molar-refractivity contribution < 1.29 is 14.4 Å². The third-order valence-electron chi connectivity index (χ3n) is 4.71. The molecule has 4 aromatic rings. The lowest BCUT2D eigenvalue weighted by molar-refractivity contribution is -0.115. The van der Waals surface area contributed by atoms with Crippen molar-refractivity contribution >= 4 is 45.6 Å². The highest BCUT2D eigenvalue weighted by molar-refractivity contribution is 7.13. The number of benzene rings is 3. The Labute approximate surface area is 194 Å². The number of nitrogens with zero attached hydrogens (tertiary/aromatic N) is 1. The molecule has 0 bridgehead atoms. The van der Waals surface area contributed by atoms with Crippen molar-refractivity contribution in [2.45, 2.75) is 6.42 Å². The fourth-order valence-corrected chi connectivity index (χ4v) is 3.65. The van der Waals surface area contributed by atoms with E-state index in [2.05, 4.69) is 20.9 Å². The molecule has 1 heterocycles. The van der Waals surface area contributed by atoms with Gasteiger partial charge in [-0.15, -0.1) is 11.3 Å². The SMILES string of the molecule is O=C(Cc1ccccc1)Nc1ccc(C(=O)Nc2ccccc2C(=O)Nc2nccs2)cc1. The van der Waals surface area contributed by atoms with Gasteiger partial charge in [-0.3, -0.25) is 19.7 Å². The van der Waals surface area contributed by atoms with Crippen molar-refractivity contribution in [1.82, 2.24) is 4.98 Å². The van der Waals surface area contributed by atoms with E-state index in [1.54, 1.807) is 60.1 Å². The number of hydrogen-bond acceptors (Lipinski definition) is 5. The van der Waals surface area contributed by atoms with Gasteiger partial charge >= 0.3 is 0 Å². The smallest absolute Gasteiger partial charge is 0.259 e. The van der Waals surface area contributed by atoms with Crippen LogP contribution in [0, 0.1) is 0 Å². The Hall–Kier alpha value is -4.30. The zero-order valence-electron chi connectivity index (χ0n) is 17.4. The quantitative estimate of drug-likeness (QED) is 0.371. The van der Waals surface area contributed by atoms with Crippen molar-refractivity contribution in [2.24, 2.45) is 0 Å². The monoisotopic (exact) mass is 456 g/mol. The van der Waals surface area contributed by atoms with Crippen molar-refractivity contribution in [3.8, 4) is 0 Å². The van der Waals surface area contributed by atoms with Gasteiger partial charge in [-0.1, -0.05) is 42.5 Å². The summed E-state index contributed by atoms with van der Waals surface area (Å²) in [4.78, 5) is 41.6. The van der Waals surface area contributed by atoms with Gasteiger partial charge in [0.15, 0.2) is 5.13 Å². The molecule has 0 aliphatic heterocycles. The molecule has 3 amide bonds. The molecule has 0 aliphatic carbocycles. The number of thiazole rings is 1. The summed E-state index contributed by atoms with van der Waals surface area (Å²) in [7, 11) is 0. The number of rotatable bonds is 7. The fourth-order valence-electron chi connectivity index (χ4n) is 3.13. The minimum Gasteiger partial charge on any atom is -0.326 e. The van der Waals surface area contributed by atoms with Gasteiger partial charge in [-0.25, -0.2) is 4.98 Å². The summed E-state index contributed by atoms with van der Waals surface area (Å²) in [5, 5.41) is 10.5. The summed E-state index contributed by atoms with van der Waals surface area (Å²) in [5.74, 6) is -0.873. The van der Waals surface area contributed by atoms with E-state index in [4.69, 9.17) is 0 Å². The first kappa shape index (κ1) is 21.9. The van der Waals surface area contributed by atoms with E-state index < -0.39 is 0 Å². The minimum absolute atomic E-state index is 0.140. The van der Waals surface area contributed by atoms with Crippen LogP contribution in [-0.2, 0) is 11.2 Å². The lowest BCUT2D eigenvalue weighted by Gasteiger charge is -2.11. The van der Waals surface area contributed by atoms with E-state index in [0.717, 1.165) is 5.56 Å². The topological polar surface area (TPSA) is 100 Å². The summed E-state index contributed by atoms with van der Waals surface area (Å²) in [6, 6.07) is 22.8. The van der Waals surface area contributed by atoms with Crippen LogP contribution in [0.4, 0.5) is 16.5 Å². The highest BCUT2D eigenvalue weighted by atomic mass is 32.1. The number of amides is 3. The first-order chi connectivity index (χ1) is 16.1. The van der Waals surface area contributed by atoms with E-state index in [9.17, 15) is 14.4 Å². The summed E-state index contributed by atoms with van der Waals surface area (Å²) in [6.07, 6.45) is 1.87. The first-order valence-electron chi connectivity index (χ1n) is 10.1. The number of hydrogen-bond donors (Lipinski definition) is 3. The molecule has 0 unspecified atom stereocenters. The van der Waals surface area contributed by atoms with E-state index in [1.165, 1.54) is 11.3 Å². The molecule has 8 heteroatoms. The van der Waals surface area contributed by atoms with Crippen LogP contribution in [0.25, 0.3) is 0 Å². The minimum atomic E-state index is -0.369. The van der Waals surface area contributed by atoms with Crippen LogP contribution in [0.2, 0.25) is 0 Å². The number of nitrogens with one attached hydrogen (secondary N) is 3. The number of carbonyl (C=O) groups is 3. The number of carbonyl (C=O) groups excluding carboxylic acids is 3. The molecule has 3 aromatic carbocycles. The fraction of sp³-hybridized carbons (Fsp3) is 0.0400. The van der Waals surface area contributed by atoms with Crippen LogP contribution in [0.3, 0.4) is 0 Å². The van der Waals surface area contributed by atoms with Crippen molar-refractivity contribution in [1.29, 1.82) is 0 Å². The van der Waals surface area contributed by atoms with Crippen LogP contribution in [0.15, 0.2) is 90.4 Å². The van der Waals surface area contributed by atoms with Gasteiger partial charge < -0.3 is 10.6 Å². The normalized spacial score (nSPS) is 10.3. The molecule has 4 rings (SSSR count). The second-order valence-corrected chi connectivity index (χ2v) is 7.97. The zero-order chi connectivity index (χ0) is 23.0. The van der Waals surface area contributed by atoms with Gasteiger partial charge in [-0.05, 0) is 42.0 Å². The van der Waals surface area contributed by atoms with Gasteiger partial charge in [-0.2, -0.15) is 0 Å². The standard InChI is InChI=1S/C25H20N4O3S/c30-22(16-17-6-2-1-3-7-17)27-19-12-10-18(11-13-19)23(31)28-21-9-5-4-8-20(21)24(32)29-25-26-14-15-33-25/h1-15H,16H2,(H,27,30)(H,28,31)(H,26,29,32). The first-order valence-corrected chi connectivity index (χ1v) is 11.0. The van der Waals surface area contributed by atoms with E-state index in [0.29, 0.717) is 27.6 Å². The highest BCUT2D eigenvalue weighted by Gasteiger charge is 2.15. The van der Waals surface area contributed by atoms with Gasteiger partial charge in [0.05, 0.1) is 17.7 Å². The summed E-state index contributed by atoms with van der Waals surface area (Å²) >= 11 is 1.31. The number of para-hydroxylation sites is 1. The van der Waals surface area contributed by atoms with Crippen molar-refractivity contribution in [3.05, 3.63) is 107 Å². The van der Waals surface area contributed by atoms with Crippen LogP contribution in [-0.4, -0.2) is 22.7 Å². The van der Waals surface area contributed by atoms with Crippen molar-refractivity contribution in [3.63, 3.8) is 0 Å². The average molecular weight is 457 g/mol. The van der Waals surface area contributed by atoms with Gasteiger partial charge in [0.2, 0.25) is 5.91 Å². The molecule has 0 saturated heterocycles. The molecule has 0 saturated carbocycles. The maximum absolute atomic E-state index is 12.7. The molecule has 0 spiro atoms. The maximum Gasteiger partial charge on any atom is 0.259 e. The number of anilines is 3. The largest absolute Gasteiger partial charge is 0.326 e. The summed E-state index contributed by atoms with van der Waals surface area (Å²) in [6.45, 7) is 0. The maximum atomic E-state index is 12.7. The summed E-state index contributed by atoms with van der Waals surface area (Å²) in [5.41, 5.74) is 2.62. The molecule has 164 valence electrons. The Morgan fingerprint density at radius 3 is 2.21 bits per heavy atom. The molecule has 33 heavy (non-hydrogen) atoms. The second-order valence-electron chi connectivity index (χ2n) is 7.08. The molecular formula is C25H20N4O3S.